The van der Waals surface area contributed by atoms with Gasteiger partial charge in [0.25, 0.3) is 5.56 Å². The zero-order chi connectivity index (χ0) is 12.4. The molecule has 1 unspecified atom stereocenters. The Labute approximate surface area is 97.5 Å². The fourth-order valence-electron chi connectivity index (χ4n) is 2.57. The molecule has 1 aromatic rings. The summed E-state index contributed by atoms with van der Waals surface area (Å²) >= 11 is 0. The average molecular weight is 240 g/mol. The van der Waals surface area contributed by atoms with E-state index in [1.807, 2.05) is 0 Å². The van der Waals surface area contributed by atoms with Crippen LogP contribution in [0.5, 0.6) is 0 Å². The van der Waals surface area contributed by atoms with Crippen LogP contribution in [0.2, 0.25) is 0 Å². The standard InChI is InChI=1S/C11H16N2O4/c14-5-7-3-9(4-8(7)6-15)13-2-1-10(16)12-11(13)17/h1-2,7-9,14-15H,3-6H2,(H,12,16,17)/t7-,8+,9?. The lowest BCUT2D eigenvalue weighted by atomic mass is 9.98. The first-order chi connectivity index (χ1) is 8.15. The van der Waals surface area contributed by atoms with Crippen LogP contribution in [0.25, 0.3) is 0 Å². The van der Waals surface area contributed by atoms with Crippen molar-refractivity contribution in [2.45, 2.75) is 18.9 Å². The molecule has 1 aliphatic carbocycles. The van der Waals surface area contributed by atoms with Crippen LogP contribution in [0.1, 0.15) is 18.9 Å². The molecule has 1 saturated carbocycles. The highest BCUT2D eigenvalue weighted by Crippen LogP contribution is 2.38. The molecule has 6 nitrogen and oxygen atoms in total. The second kappa shape index (κ2) is 4.85. The number of rotatable bonds is 3. The van der Waals surface area contributed by atoms with E-state index in [-0.39, 0.29) is 31.1 Å². The van der Waals surface area contributed by atoms with Crippen molar-refractivity contribution in [3.8, 4) is 0 Å². The number of aromatic amines is 1. The van der Waals surface area contributed by atoms with Crippen LogP contribution in [0.3, 0.4) is 0 Å². The zero-order valence-corrected chi connectivity index (χ0v) is 9.37. The number of nitrogens with one attached hydrogen (secondary N) is 1. The number of aliphatic hydroxyl groups is 2. The number of H-pyrrole nitrogens is 1. The first-order valence-electron chi connectivity index (χ1n) is 5.69. The Morgan fingerprint density at radius 1 is 1.24 bits per heavy atom. The molecule has 1 aliphatic rings. The van der Waals surface area contributed by atoms with Gasteiger partial charge in [0.1, 0.15) is 0 Å². The molecule has 0 radical (unpaired) electrons. The minimum Gasteiger partial charge on any atom is -0.396 e. The summed E-state index contributed by atoms with van der Waals surface area (Å²) in [6, 6.07) is 1.25. The summed E-state index contributed by atoms with van der Waals surface area (Å²) in [5, 5.41) is 18.4. The third kappa shape index (κ3) is 2.32. The van der Waals surface area contributed by atoms with Crippen molar-refractivity contribution in [3.05, 3.63) is 33.1 Å². The Morgan fingerprint density at radius 3 is 2.29 bits per heavy atom. The number of hydrogen-bond acceptors (Lipinski definition) is 4. The van der Waals surface area contributed by atoms with E-state index in [0.717, 1.165) is 0 Å². The molecule has 0 amide bonds. The van der Waals surface area contributed by atoms with Gasteiger partial charge in [0.2, 0.25) is 0 Å². The molecule has 3 N–H and O–H groups in total. The largest absolute Gasteiger partial charge is 0.396 e. The van der Waals surface area contributed by atoms with E-state index in [9.17, 15) is 19.8 Å². The van der Waals surface area contributed by atoms with E-state index in [0.29, 0.717) is 12.8 Å². The SMILES string of the molecule is O=c1ccn(C2C[C@@H](CO)[C@@H](CO)C2)c(=O)[nH]1. The molecule has 1 fully saturated rings. The topological polar surface area (TPSA) is 95.3 Å². The maximum Gasteiger partial charge on any atom is 0.328 e. The third-order valence-corrected chi connectivity index (χ3v) is 3.53. The maximum atomic E-state index is 11.6. The summed E-state index contributed by atoms with van der Waals surface area (Å²) < 4.78 is 1.47. The summed E-state index contributed by atoms with van der Waals surface area (Å²) in [5.41, 5.74) is -0.848. The van der Waals surface area contributed by atoms with Gasteiger partial charge in [-0.2, -0.15) is 0 Å². The van der Waals surface area contributed by atoms with Crippen molar-refractivity contribution >= 4 is 0 Å². The van der Waals surface area contributed by atoms with Crippen LogP contribution in [0, 0.1) is 11.8 Å². The van der Waals surface area contributed by atoms with Crippen molar-refractivity contribution in [3.63, 3.8) is 0 Å². The van der Waals surface area contributed by atoms with Crippen molar-refractivity contribution in [1.29, 1.82) is 0 Å². The van der Waals surface area contributed by atoms with Gasteiger partial charge in [-0.25, -0.2) is 4.79 Å². The number of aliphatic hydroxyl groups excluding tert-OH is 2. The molecular weight excluding hydrogens is 224 g/mol. The predicted octanol–water partition coefficient (Wildman–Crippen LogP) is -0.912. The van der Waals surface area contributed by atoms with E-state index >= 15 is 0 Å². The lowest BCUT2D eigenvalue weighted by Crippen LogP contribution is -2.30. The van der Waals surface area contributed by atoms with Gasteiger partial charge in [0.15, 0.2) is 0 Å². The van der Waals surface area contributed by atoms with Crippen molar-refractivity contribution < 1.29 is 10.2 Å². The van der Waals surface area contributed by atoms with Crippen molar-refractivity contribution in [2.75, 3.05) is 13.2 Å². The molecule has 0 aromatic carbocycles. The third-order valence-electron chi connectivity index (χ3n) is 3.53. The van der Waals surface area contributed by atoms with Crippen LogP contribution in [0.15, 0.2) is 21.9 Å². The van der Waals surface area contributed by atoms with Crippen LogP contribution in [-0.4, -0.2) is 33.0 Å². The maximum absolute atomic E-state index is 11.6. The normalized spacial score (nSPS) is 28.5. The van der Waals surface area contributed by atoms with E-state index in [1.165, 1.54) is 16.8 Å². The summed E-state index contributed by atoms with van der Waals surface area (Å²) in [4.78, 5) is 24.8. The van der Waals surface area contributed by atoms with E-state index < -0.39 is 11.2 Å². The fraction of sp³-hybridized carbons (Fsp3) is 0.636. The van der Waals surface area contributed by atoms with Crippen LogP contribution in [0.4, 0.5) is 0 Å². The van der Waals surface area contributed by atoms with Gasteiger partial charge in [-0.1, -0.05) is 0 Å². The lowest BCUT2D eigenvalue weighted by molar-refractivity contribution is 0.141. The molecule has 1 heterocycles. The second-order valence-corrected chi connectivity index (χ2v) is 4.53. The van der Waals surface area contributed by atoms with Gasteiger partial charge in [-0.3, -0.25) is 14.3 Å². The van der Waals surface area contributed by atoms with Crippen LogP contribution < -0.4 is 11.2 Å². The number of hydrogen-bond donors (Lipinski definition) is 3. The molecule has 2 rings (SSSR count). The Morgan fingerprint density at radius 2 is 1.82 bits per heavy atom. The lowest BCUT2D eigenvalue weighted by Gasteiger charge is -2.12. The summed E-state index contributed by atoms with van der Waals surface area (Å²) in [6.07, 6.45) is 2.77. The first-order valence-corrected chi connectivity index (χ1v) is 5.69. The molecule has 0 aliphatic heterocycles. The van der Waals surface area contributed by atoms with E-state index in [1.54, 1.807) is 0 Å². The van der Waals surface area contributed by atoms with Gasteiger partial charge >= 0.3 is 5.69 Å². The van der Waals surface area contributed by atoms with Gasteiger partial charge in [-0.05, 0) is 24.7 Å². The van der Waals surface area contributed by atoms with Gasteiger partial charge < -0.3 is 10.2 Å². The highest BCUT2D eigenvalue weighted by molar-refractivity contribution is 4.91. The molecule has 17 heavy (non-hydrogen) atoms. The van der Waals surface area contributed by atoms with E-state index in [4.69, 9.17) is 0 Å². The molecule has 94 valence electrons. The summed E-state index contributed by atoms with van der Waals surface area (Å²) in [6.45, 7) is 0.0274. The van der Waals surface area contributed by atoms with E-state index in [2.05, 4.69) is 4.98 Å². The van der Waals surface area contributed by atoms with Gasteiger partial charge in [-0.15, -0.1) is 0 Å². The zero-order valence-electron chi connectivity index (χ0n) is 9.37. The molecule has 0 bridgehead atoms. The van der Waals surface area contributed by atoms with Crippen LogP contribution >= 0.6 is 0 Å². The molecule has 3 atom stereocenters. The first kappa shape index (κ1) is 12.1. The fourth-order valence-corrected chi connectivity index (χ4v) is 2.57. The highest BCUT2D eigenvalue weighted by Gasteiger charge is 2.34. The minimum atomic E-state index is -0.433. The Bertz CT molecular complexity index is 481. The van der Waals surface area contributed by atoms with Crippen molar-refractivity contribution in [1.82, 2.24) is 9.55 Å². The average Bonchev–Trinajstić information content (AvgIpc) is 2.72. The quantitative estimate of drug-likeness (QED) is 0.637. The minimum absolute atomic E-state index is 0.0137. The van der Waals surface area contributed by atoms with Gasteiger partial charge in [0.05, 0.1) is 0 Å². The molecule has 6 heteroatoms. The Kier molecular flexibility index (Phi) is 3.44. The summed E-state index contributed by atoms with van der Waals surface area (Å²) in [7, 11) is 0. The van der Waals surface area contributed by atoms with Crippen molar-refractivity contribution in [2.24, 2.45) is 11.8 Å². The van der Waals surface area contributed by atoms with Crippen LogP contribution in [-0.2, 0) is 0 Å². The predicted molar refractivity (Wildman–Crippen MR) is 60.7 cm³/mol. The Balaban J connectivity index is 2.25. The molecular formula is C11H16N2O4. The molecule has 0 spiro atoms. The Hall–Kier alpha value is -1.40. The number of nitrogens with zero attached hydrogens (tertiary/aromatic N) is 1. The highest BCUT2D eigenvalue weighted by atomic mass is 16.3. The molecule has 0 saturated heterocycles. The monoisotopic (exact) mass is 240 g/mol. The smallest absolute Gasteiger partial charge is 0.328 e. The second-order valence-electron chi connectivity index (χ2n) is 4.53. The number of aromatic nitrogens is 2. The molecule has 1 aromatic heterocycles. The van der Waals surface area contributed by atoms with Gasteiger partial charge in [0, 0.05) is 31.5 Å². The summed E-state index contributed by atoms with van der Waals surface area (Å²) in [5.74, 6) is 0.0349.